The Morgan fingerprint density at radius 1 is 1.08 bits per heavy atom. The summed E-state index contributed by atoms with van der Waals surface area (Å²) in [6.45, 7) is 0.594. The second kappa shape index (κ2) is 7.83. The number of carboxylic acids is 1. The van der Waals surface area contributed by atoms with Crippen LogP contribution in [0.3, 0.4) is 0 Å². The predicted octanol–water partition coefficient (Wildman–Crippen LogP) is 2.90. The molecule has 0 bridgehead atoms. The van der Waals surface area contributed by atoms with Crippen molar-refractivity contribution >= 4 is 11.9 Å². The SMILES string of the molecule is O=C(NC(Cc1ccccc1)C(=O)O)c1ccccc1OCC1CC1. The topological polar surface area (TPSA) is 75.6 Å². The summed E-state index contributed by atoms with van der Waals surface area (Å²) in [6, 6.07) is 15.2. The van der Waals surface area contributed by atoms with Crippen molar-refractivity contribution in [3.63, 3.8) is 0 Å². The lowest BCUT2D eigenvalue weighted by Crippen LogP contribution is -2.42. The maximum atomic E-state index is 12.6. The van der Waals surface area contributed by atoms with Crippen molar-refractivity contribution in [2.24, 2.45) is 5.92 Å². The molecule has 0 radical (unpaired) electrons. The summed E-state index contributed by atoms with van der Waals surface area (Å²) in [5.74, 6) is -0.431. The minimum absolute atomic E-state index is 0.229. The molecule has 2 aromatic carbocycles. The van der Waals surface area contributed by atoms with Gasteiger partial charge in [-0.1, -0.05) is 42.5 Å². The summed E-state index contributed by atoms with van der Waals surface area (Å²) in [7, 11) is 0. The van der Waals surface area contributed by atoms with Crippen LogP contribution in [0.15, 0.2) is 54.6 Å². The van der Waals surface area contributed by atoms with Gasteiger partial charge in [0.05, 0.1) is 12.2 Å². The fraction of sp³-hybridized carbons (Fsp3) is 0.300. The molecule has 1 aliphatic carbocycles. The van der Waals surface area contributed by atoms with E-state index < -0.39 is 17.9 Å². The van der Waals surface area contributed by atoms with E-state index in [0.717, 1.165) is 18.4 Å². The zero-order valence-electron chi connectivity index (χ0n) is 13.9. The van der Waals surface area contributed by atoms with Crippen LogP contribution in [0.2, 0.25) is 0 Å². The molecule has 1 amide bonds. The lowest BCUT2D eigenvalue weighted by molar-refractivity contribution is -0.139. The Balaban J connectivity index is 1.69. The van der Waals surface area contributed by atoms with E-state index in [0.29, 0.717) is 23.8 Å². The number of carbonyl (C=O) groups excluding carboxylic acids is 1. The largest absolute Gasteiger partial charge is 0.492 e. The lowest BCUT2D eigenvalue weighted by Gasteiger charge is -2.16. The van der Waals surface area contributed by atoms with Gasteiger partial charge in [0.2, 0.25) is 0 Å². The summed E-state index contributed by atoms with van der Waals surface area (Å²) < 4.78 is 5.73. The summed E-state index contributed by atoms with van der Waals surface area (Å²) >= 11 is 0. The third-order valence-corrected chi connectivity index (χ3v) is 4.19. The van der Waals surface area contributed by atoms with E-state index in [1.807, 2.05) is 30.3 Å². The highest BCUT2D eigenvalue weighted by Crippen LogP contribution is 2.30. The average Bonchev–Trinajstić information content (AvgIpc) is 3.45. The van der Waals surface area contributed by atoms with Gasteiger partial charge in [-0.2, -0.15) is 0 Å². The first-order valence-electron chi connectivity index (χ1n) is 8.43. The number of amides is 1. The van der Waals surface area contributed by atoms with Crippen LogP contribution in [0.25, 0.3) is 0 Å². The van der Waals surface area contributed by atoms with Crippen LogP contribution in [-0.4, -0.2) is 29.6 Å². The van der Waals surface area contributed by atoms with Gasteiger partial charge >= 0.3 is 5.97 Å². The number of aliphatic carboxylic acids is 1. The Labute approximate surface area is 146 Å². The molecule has 2 N–H and O–H groups in total. The van der Waals surface area contributed by atoms with E-state index in [1.165, 1.54) is 0 Å². The molecule has 0 aromatic heterocycles. The summed E-state index contributed by atoms with van der Waals surface area (Å²) in [5, 5.41) is 12.0. The van der Waals surface area contributed by atoms with Gasteiger partial charge in [0.15, 0.2) is 0 Å². The molecule has 3 rings (SSSR count). The van der Waals surface area contributed by atoms with Gasteiger partial charge in [-0.3, -0.25) is 4.79 Å². The number of carboxylic acid groups (broad SMARTS) is 1. The molecule has 0 heterocycles. The van der Waals surface area contributed by atoms with Crippen LogP contribution >= 0.6 is 0 Å². The molecule has 2 aromatic rings. The molecule has 5 nitrogen and oxygen atoms in total. The second-order valence-corrected chi connectivity index (χ2v) is 6.30. The van der Waals surface area contributed by atoms with Crippen LogP contribution in [0.1, 0.15) is 28.8 Å². The van der Waals surface area contributed by atoms with Gasteiger partial charge in [-0.25, -0.2) is 4.79 Å². The zero-order valence-corrected chi connectivity index (χ0v) is 13.9. The predicted molar refractivity (Wildman–Crippen MR) is 93.7 cm³/mol. The van der Waals surface area contributed by atoms with Crippen LogP contribution in [0.4, 0.5) is 0 Å². The summed E-state index contributed by atoms with van der Waals surface area (Å²) in [6.07, 6.45) is 2.55. The third kappa shape index (κ3) is 4.83. The van der Waals surface area contributed by atoms with Crippen molar-refractivity contribution in [2.45, 2.75) is 25.3 Å². The Morgan fingerprint density at radius 2 is 1.76 bits per heavy atom. The number of ether oxygens (including phenoxy) is 1. The van der Waals surface area contributed by atoms with Crippen LogP contribution in [-0.2, 0) is 11.2 Å². The molecule has 1 unspecified atom stereocenters. The van der Waals surface area contributed by atoms with Gasteiger partial charge in [0.1, 0.15) is 11.8 Å². The van der Waals surface area contributed by atoms with Crippen molar-refractivity contribution in [1.82, 2.24) is 5.32 Å². The van der Waals surface area contributed by atoms with Crippen LogP contribution in [0.5, 0.6) is 5.75 Å². The van der Waals surface area contributed by atoms with Crippen molar-refractivity contribution in [1.29, 1.82) is 0 Å². The van der Waals surface area contributed by atoms with Crippen LogP contribution < -0.4 is 10.1 Å². The molecule has 1 saturated carbocycles. The van der Waals surface area contributed by atoms with E-state index in [2.05, 4.69) is 5.32 Å². The average molecular weight is 339 g/mol. The van der Waals surface area contributed by atoms with E-state index in [-0.39, 0.29) is 6.42 Å². The number of para-hydroxylation sites is 1. The highest BCUT2D eigenvalue weighted by molar-refractivity contribution is 5.99. The maximum absolute atomic E-state index is 12.6. The molecule has 5 heteroatoms. The quantitative estimate of drug-likeness (QED) is 0.775. The van der Waals surface area contributed by atoms with Crippen molar-refractivity contribution < 1.29 is 19.4 Å². The number of nitrogens with one attached hydrogen (secondary N) is 1. The molecule has 0 spiro atoms. The third-order valence-electron chi connectivity index (χ3n) is 4.19. The molecule has 1 fully saturated rings. The Bertz CT molecular complexity index is 740. The molecule has 130 valence electrons. The van der Waals surface area contributed by atoms with E-state index >= 15 is 0 Å². The molecule has 0 aliphatic heterocycles. The summed E-state index contributed by atoms with van der Waals surface area (Å²) in [5.41, 5.74) is 1.22. The fourth-order valence-corrected chi connectivity index (χ4v) is 2.56. The van der Waals surface area contributed by atoms with Crippen molar-refractivity contribution in [3.05, 3.63) is 65.7 Å². The van der Waals surface area contributed by atoms with E-state index in [1.54, 1.807) is 24.3 Å². The molecule has 1 atom stereocenters. The van der Waals surface area contributed by atoms with Gasteiger partial charge in [-0.15, -0.1) is 0 Å². The molecular weight excluding hydrogens is 318 g/mol. The number of hydrogen-bond acceptors (Lipinski definition) is 3. The van der Waals surface area contributed by atoms with E-state index in [4.69, 9.17) is 4.74 Å². The van der Waals surface area contributed by atoms with Crippen molar-refractivity contribution in [2.75, 3.05) is 6.61 Å². The number of hydrogen-bond donors (Lipinski definition) is 2. The van der Waals surface area contributed by atoms with Gasteiger partial charge < -0.3 is 15.2 Å². The normalized spacial score (nSPS) is 14.6. The first kappa shape index (κ1) is 17.0. The Morgan fingerprint density at radius 3 is 2.44 bits per heavy atom. The minimum atomic E-state index is -1.06. The Kier molecular flexibility index (Phi) is 5.33. The Hall–Kier alpha value is -2.82. The van der Waals surface area contributed by atoms with Crippen molar-refractivity contribution in [3.8, 4) is 5.75 Å². The smallest absolute Gasteiger partial charge is 0.326 e. The van der Waals surface area contributed by atoms with Gasteiger partial charge in [0, 0.05) is 6.42 Å². The second-order valence-electron chi connectivity index (χ2n) is 6.30. The molecule has 25 heavy (non-hydrogen) atoms. The highest BCUT2D eigenvalue weighted by Gasteiger charge is 2.25. The maximum Gasteiger partial charge on any atom is 0.326 e. The highest BCUT2D eigenvalue weighted by atomic mass is 16.5. The van der Waals surface area contributed by atoms with Gasteiger partial charge in [0.25, 0.3) is 5.91 Å². The summed E-state index contributed by atoms with van der Waals surface area (Å²) in [4.78, 5) is 24.1. The standard InChI is InChI=1S/C20H21NO4/c22-19(16-8-4-5-9-18(16)25-13-15-10-11-15)21-17(20(23)24)12-14-6-2-1-3-7-14/h1-9,15,17H,10-13H2,(H,21,22)(H,23,24). The zero-order chi connectivity index (χ0) is 17.6. The number of rotatable bonds is 8. The van der Waals surface area contributed by atoms with Crippen LogP contribution in [0, 0.1) is 5.92 Å². The lowest BCUT2D eigenvalue weighted by atomic mass is 10.1. The first-order valence-corrected chi connectivity index (χ1v) is 8.43. The number of benzene rings is 2. The molecular formula is C20H21NO4. The molecule has 1 aliphatic rings. The van der Waals surface area contributed by atoms with E-state index in [9.17, 15) is 14.7 Å². The fourth-order valence-electron chi connectivity index (χ4n) is 2.56. The minimum Gasteiger partial charge on any atom is -0.492 e. The monoisotopic (exact) mass is 339 g/mol. The first-order chi connectivity index (χ1) is 12.1. The molecule has 0 saturated heterocycles. The van der Waals surface area contributed by atoms with Gasteiger partial charge in [-0.05, 0) is 36.5 Å². The number of carbonyl (C=O) groups is 2.